The summed E-state index contributed by atoms with van der Waals surface area (Å²) in [5.74, 6) is -1.21. The fourth-order valence-corrected chi connectivity index (χ4v) is 2.27. The number of carbonyl (C=O) groups excluding carboxylic acids is 2. The van der Waals surface area contributed by atoms with Crippen LogP contribution in [0.5, 0.6) is 5.75 Å². The highest BCUT2D eigenvalue weighted by atomic mass is 35.5. The Kier molecular flexibility index (Phi) is 7.44. The van der Waals surface area contributed by atoms with Crippen molar-refractivity contribution in [2.24, 2.45) is 5.10 Å². The number of hydrazone groups is 1. The van der Waals surface area contributed by atoms with Crippen molar-refractivity contribution >= 4 is 46.9 Å². The molecule has 0 unspecified atom stereocenters. The number of hydrogen-bond acceptors (Lipinski definition) is 4. The first kappa shape index (κ1) is 19.8. The summed E-state index contributed by atoms with van der Waals surface area (Å²) in [5, 5.41) is 6.58. The normalized spacial score (nSPS) is 10.6. The molecule has 0 atom stereocenters. The maximum atomic E-state index is 11.9. The van der Waals surface area contributed by atoms with E-state index in [1.807, 2.05) is 19.1 Å². The zero-order chi connectivity index (χ0) is 18.9. The Hall–Kier alpha value is -2.57. The standard InChI is InChI=1S/C18H17Cl2N3O3/c1-2-10-26-15-9-4-3-6-12(15)11-21-23-18(25)17(24)22-14-8-5-7-13(19)16(14)20/h3-9,11H,2,10H2,1H3,(H,22,24)(H,23,25)/b21-11-. The Bertz CT molecular complexity index is 825. The topological polar surface area (TPSA) is 79.8 Å². The number of nitrogens with zero attached hydrogens (tertiary/aromatic N) is 1. The molecule has 0 aliphatic carbocycles. The third kappa shape index (κ3) is 5.47. The molecule has 6 nitrogen and oxygen atoms in total. The second-order valence-electron chi connectivity index (χ2n) is 5.14. The highest BCUT2D eigenvalue weighted by Crippen LogP contribution is 2.29. The maximum Gasteiger partial charge on any atom is 0.329 e. The number of nitrogens with one attached hydrogen (secondary N) is 2. The lowest BCUT2D eigenvalue weighted by atomic mass is 10.2. The number of benzene rings is 2. The van der Waals surface area contributed by atoms with Crippen molar-refractivity contribution in [1.29, 1.82) is 0 Å². The van der Waals surface area contributed by atoms with Gasteiger partial charge in [-0.15, -0.1) is 0 Å². The Morgan fingerprint density at radius 3 is 2.65 bits per heavy atom. The number of halogens is 2. The third-order valence-corrected chi connectivity index (χ3v) is 3.98. The number of rotatable bonds is 6. The summed E-state index contributed by atoms with van der Waals surface area (Å²) in [4.78, 5) is 23.7. The van der Waals surface area contributed by atoms with Gasteiger partial charge in [-0.05, 0) is 30.7 Å². The van der Waals surface area contributed by atoms with Gasteiger partial charge in [0.1, 0.15) is 5.75 Å². The van der Waals surface area contributed by atoms with E-state index in [1.54, 1.807) is 24.3 Å². The van der Waals surface area contributed by atoms with Crippen molar-refractivity contribution in [3.8, 4) is 5.75 Å². The number of anilines is 1. The summed E-state index contributed by atoms with van der Waals surface area (Å²) in [5.41, 5.74) is 3.07. The molecule has 0 fully saturated rings. The van der Waals surface area contributed by atoms with E-state index in [1.165, 1.54) is 12.3 Å². The van der Waals surface area contributed by atoms with E-state index in [4.69, 9.17) is 27.9 Å². The van der Waals surface area contributed by atoms with Gasteiger partial charge in [0.05, 0.1) is 28.6 Å². The highest BCUT2D eigenvalue weighted by Gasteiger charge is 2.15. The van der Waals surface area contributed by atoms with E-state index in [0.717, 1.165) is 6.42 Å². The van der Waals surface area contributed by atoms with Gasteiger partial charge in [-0.3, -0.25) is 9.59 Å². The maximum absolute atomic E-state index is 11.9. The molecule has 0 saturated carbocycles. The number of hydrogen-bond donors (Lipinski definition) is 2. The average Bonchev–Trinajstić information content (AvgIpc) is 2.64. The fourth-order valence-electron chi connectivity index (χ4n) is 1.92. The lowest BCUT2D eigenvalue weighted by Crippen LogP contribution is -2.32. The van der Waals surface area contributed by atoms with Gasteiger partial charge in [-0.1, -0.05) is 48.3 Å². The summed E-state index contributed by atoms with van der Waals surface area (Å²) in [6, 6.07) is 11.9. The monoisotopic (exact) mass is 393 g/mol. The first-order valence-electron chi connectivity index (χ1n) is 7.83. The first-order valence-corrected chi connectivity index (χ1v) is 8.58. The lowest BCUT2D eigenvalue weighted by molar-refractivity contribution is -0.136. The Morgan fingerprint density at radius 1 is 1.12 bits per heavy atom. The third-order valence-electron chi connectivity index (χ3n) is 3.16. The second-order valence-corrected chi connectivity index (χ2v) is 5.93. The van der Waals surface area contributed by atoms with Crippen molar-refractivity contribution in [1.82, 2.24) is 5.43 Å². The van der Waals surface area contributed by atoms with Crippen molar-refractivity contribution < 1.29 is 14.3 Å². The largest absolute Gasteiger partial charge is 0.493 e. The van der Waals surface area contributed by atoms with E-state index in [-0.39, 0.29) is 15.7 Å². The molecule has 0 heterocycles. The van der Waals surface area contributed by atoms with Crippen LogP contribution in [0.3, 0.4) is 0 Å². The molecule has 0 saturated heterocycles. The predicted octanol–water partition coefficient (Wildman–Crippen LogP) is 3.87. The van der Waals surface area contributed by atoms with Crippen LogP contribution in [0, 0.1) is 0 Å². The van der Waals surface area contributed by atoms with Crippen LogP contribution in [0.15, 0.2) is 47.6 Å². The van der Waals surface area contributed by atoms with Crippen LogP contribution >= 0.6 is 23.2 Å². The molecular formula is C18H17Cl2N3O3. The minimum absolute atomic E-state index is 0.154. The average molecular weight is 394 g/mol. The lowest BCUT2D eigenvalue weighted by Gasteiger charge is -2.08. The van der Waals surface area contributed by atoms with Crippen LogP contribution < -0.4 is 15.5 Å². The molecule has 26 heavy (non-hydrogen) atoms. The molecule has 2 rings (SSSR count). The van der Waals surface area contributed by atoms with Crippen LogP contribution in [0.2, 0.25) is 10.0 Å². The molecule has 2 amide bonds. The summed E-state index contributed by atoms with van der Waals surface area (Å²) in [7, 11) is 0. The number of ether oxygens (including phenoxy) is 1. The van der Waals surface area contributed by atoms with Gasteiger partial charge < -0.3 is 10.1 Å². The summed E-state index contributed by atoms with van der Waals surface area (Å²) >= 11 is 11.8. The van der Waals surface area contributed by atoms with Crippen LogP contribution in [0.1, 0.15) is 18.9 Å². The van der Waals surface area contributed by atoms with Crippen LogP contribution in [0.4, 0.5) is 5.69 Å². The molecule has 0 aliphatic heterocycles. The van der Waals surface area contributed by atoms with Gasteiger partial charge in [0.15, 0.2) is 0 Å². The van der Waals surface area contributed by atoms with E-state index in [2.05, 4.69) is 15.8 Å². The molecule has 0 bridgehead atoms. The Morgan fingerprint density at radius 2 is 1.88 bits per heavy atom. The van der Waals surface area contributed by atoms with E-state index >= 15 is 0 Å². The van der Waals surface area contributed by atoms with Crippen molar-refractivity contribution in [3.05, 3.63) is 58.1 Å². The molecule has 2 N–H and O–H groups in total. The molecular weight excluding hydrogens is 377 g/mol. The highest BCUT2D eigenvalue weighted by molar-refractivity contribution is 6.45. The van der Waals surface area contributed by atoms with Gasteiger partial charge in [-0.2, -0.15) is 5.10 Å². The molecule has 0 spiro atoms. The quantitative estimate of drug-likeness (QED) is 0.444. The van der Waals surface area contributed by atoms with E-state index in [9.17, 15) is 9.59 Å². The molecule has 0 aromatic heterocycles. The minimum atomic E-state index is -0.941. The first-order chi connectivity index (χ1) is 12.5. The molecule has 0 radical (unpaired) electrons. The Balaban J connectivity index is 1.97. The molecule has 2 aromatic rings. The molecule has 0 aliphatic rings. The van der Waals surface area contributed by atoms with Crippen LogP contribution in [-0.2, 0) is 9.59 Å². The zero-order valence-corrected chi connectivity index (χ0v) is 15.5. The van der Waals surface area contributed by atoms with Crippen LogP contribution in [-0.4, -0.2) is 24.6 Å². The zero-order valence-electron chi connectivity index (χ0n) is 14.0. The molecule has 2 aromatic carbocycles. The summed E-state index contributed by atoms with van der Waals surface area (Å²) < 4.78 is 5.58. The number of para-hydroxylation sites is 1. The Labute approximate surface area is 161 Å². The summed E-state index contributed by atoms with van der Waals surface area (Å²) in [6.45, 7) is 2.57. The van der Waals surface area contributed by atoms with Crippen molar-refractivity contribution in [2.75, 3.05) is 11.9 Å². The van der Waals surface area contributed by atoms with Gasteiger partial charge in [0.2, 0.25) is 0 Å². The van der Waals surface area contributed by atoms with Crippen molar-refractivity contribution in [2.45, 2.75) is 13.3 Å². The smallest absolute Gasteiger partial charge is 0.329 e. The molecule has 136 valence electrons. The number of carbonyl (C=O) groups is 2. The fraction of sp³-hybridized carbons (Fsp3) is 0.167. The van der Waals surface area contributed by atoms with Crippen LogP contribution in [0.25, 0.3) is 0 Å². The minimum Gasteiger partial charge on any atom is -0.493 e. The van der Waals surface area contributed by atoms with Crippen molar-refractivity contribution in [3.63, 3.8) is 0 Å². The van der Waals surface area contributed by atoms with E-state index in [0.29, 0.717) is 17.9 Å². The van der Waals surface area contributed by atoms with Gasteiger partial charge in [-0.25, -0.2) is 5.43 Å². The van der Waals surface area contributed by atoms with Gasteiger partial charge in [0, 0.05) is 5.56 Å². The number of amides is 2. The van der Waals surface area contributed by atoms with E-state index < -0.39 is 11.8 Å². The second kappa shape index (κ2) is 9.79. The molecule has 8 heteroatoms. The van der Waals surface area contributed by atoms with Gasteiger partial charge in [0.25, 0.3) is 0 Å². The predicted molar refractivity (Wildman–Crippen MR) is 103 cm³/mol. The van der Waals surface area contributed by atoms with Gasteiger partial charge >= 0.3 is 11.8 Å². The summed E-state index contributed by atoms with van der Waals surface area (Å²) in [6.07, 6.45) is 2.27. The SMILES string of the molecule is CCCOc1ccccc1/C=N\NC(=O)C(=O)Nc1cccc(Cl)c1Cl.